The Bertz CT molecular complexity index is 787. The molecule has 0 aliphatic carbocycles. The van der Waals surface area contributed by atoms with Gasteiger partial charge in [0.25, 0.3) is 5.69 Å². The molecule has 9 nitrogen and oxygen atoms in total. The van der Waals surface area contributed by atoms with Gasteiger partial charge in [-0.25, -0.2) is 0 Å². The summed E-state index contributed by atoms with van der Waals surface area (Å²) in [6, 6.07) is 8.26. The number of nitro benzene ring substituents is 1. The Kier molecular flexibility index (Phi) is 4.39. The largest absolute Gasteiger partial charge is 0.350 e. The predicted octanol–water partition coefficient (Wildman–Crippen LogP) is 1.19. The van der Waals surface area contributed by atoms with E-state index in [0.717, 1.165) is 32.7 Å². The van der Waals surface area contributed by atoms with Gasteiger partial charge >= 0.3 is 0 Å². The molecule has 9 heteroatoms. The second-order valence-corrected chi connectivity index (χ2v) is 5.44. The SMILES string of the molecule is CCN1CCN(c2nn(-c3ccccc3[N+](=O)[O-])nc2C#N)CC1. The molecule has 1 aliphatic rings. The zero-order valence-corrected chi connectivity index (χ0v) is 13.3. The molecule has 0 unspecified atom stereocenters. The van der Waals surface area contributed by atoms with Gasteiger partial charge in [-0.15, -0.1) is 15.0 Å². The van der Waals surface area contributed by atoms with Crippen LogP contribution in [0.2, 0.25) is 0 Å². The van der Waals surface area contributed by atoms with Gasteiger partial charge in [0.2, 0.25) is 5.69 Å². The van der Waals surface area contributed by atoms with E-state index in [0.29, 0.717) is 5.82 Å². The molecule has 3 rings (SSSR count). The maximum absolute atomic E-state index is 11.2. The first-order valence-electron chi connectivity index (χ1n) is 7.72. The first kappa shape index (κ1) is 15.9. The molecule has 124 valence electrons. The van der Waals surface area contributed by atoms with Crippen molar-refractivity contribution in [2.45, 2.75) is 6.92 Å². The third-order valence-corrected chi connectivity index (χ3v) is 4.11. The number of piperazine rings is 1. The number of hydrogen-bond donors (Lipinski definition) is 0. The van der Waals surface area contributed by atoms with E-state index < -0.39 is 4.92 Å². The van der Waals surface area contributed by atoms with Crippen LogP contribution in [-0.2, 0) is 0 Å². The first-order chi connectivity index (χ1) is 11.6. The van der Waals surface area contributed by atoms with E-state index >= 15 is 0 Å². The Morgan fingerprint density at radius 1 is 1.25 bits per heavy atom. The van der Waals surface area contributed by atoms with Crippen molar-refractivity contribution in [3.8, 4) is 11.8 Å². The van der Waals surface area contributed by atoms with Crippen LogP contribution in [0.15, 0.2) is 24.3 Å². The van der Waals surface area contributed by atoms with Gasteiger partial charge in [0, 0.05) is 32.2 Å². The Morgan fingerprint density at radius 3 is 2.58 bits per heavy atom. The predicted molar refractivity (Wildman–Crippen MR) is 87.1 cm³/mol. The van der Waals surface area contributed by atoms with Crippen molar-refractivity contribution in [3.63, 3.8) is 0 Å². The monoisotopic (exact) mass is 327 g/mol. The summed E-state index contributed by atoms with van der Waals surface area (Å²) >= 11 is 0. The Balaban J connectivity index is 1.95. The summed E-state index contributed by atoms with van der Waals surface area (Å²) in [4.78, 5) is 16.2. The Hall–Kier alpha value is -2.99. The molecular formula is C15H17N7O2. The molecule has 1 aromatic carbocycles. The highest BCUT2D eigenvalue weighted by Crippen LogP contribution is 2.24. The van der Waals surface area contributed by atoms with Crippen LogP contribution < -0.4 is 4.90 Å². The van der Waals surface area contributed by atoms with Crippen molar-refractivity contribution in [1.29, 1.82) is 5.26 Å². The summed E-state index contributed by atoms with van der Waals surface area (Å²) in [5.41, 5.74) is 0.329. The summed E-state index contributed by atoms with van der Waals surface area (Å²) in [5, 5.41) is 29.0. The molecule has 0 bridgehead atoms. The molecule has 1 aliphatic heterocycles. The smallest absolute Gasteiger partial charge is 0.296 e. The molecule has 2 aromatic rings. The number of anilines is 1. The standard InChI is InChI=1S/C15H17N7O2/c1-2-19-7-9-20(10-8-19)15-12(11-16)17-21(18-15)13-5-3-4-6-14(13)22(23)24/h3-6H,2,7-10H2,1H3. The van der Waals surface area contributed by atoms with Gasteiger partial charge in [0.15, 0.2) is 11.5 Å². The number of hydrogen-bond acceptors (Lipinski definition) is 7. The summed E-state index contributed by atoms with van der Waals surface area (Å²) < 4.78 is 0. The number of para-hydroxylation sites is 2. The number of nitriles is 1. The minimum Gasteiger partial charge on any atom is -0.350 e. The number of benzene rings is 1. The summed E-state index contributed by atoms with van der Waals surface area (Å²) in [6.45, 7) is 6.37. The highest BCUT2D eigenvalue weighted by atomic mass is 16.6. The number of nitro groups is 1. The lowest BCUT2D eigenvalue weighted by atomic mass is 10.3. The number of aromatic nitrogens is 3. The van der Waals surface area contributed by atoms with E-state index in [4.69, 9.17) is 0 Å². The number of nitrogens with zero attached hydrogens (tertiary/aromatic N) is 7. The third-order valence-electron chi connectivity index (χ3n) is 4.11. The van der Waals surface area contributed by atoms with E-state index in [9.17, 15) is 15.4 Å². The van der Waals surface area contributed by atoms with Crippen molar-refractivity contribution in [3.05, 3.63) is 40.1 Å². The average Bonchev–Trinajstić information content (AvgIpc) is 3.06. The third kappa shape index (κ3) is 2.91. The molecular weight excluding hydrogens is 310 g/mol. The second kappa shape index (κ2) is 6.64. The highest BCUT2D eigenvalue weighted by molar-refractivity contribution is 5.54. The molecule has 0 atom stereocenters. The fraction of sp³-hybridized carbons (Fsp3) is 0.400. The minimum absolute atomic E-state index is 0.0978. The van der Waals surface area contributed by atoms with Crippen molar-refractivity contribution >= 4 is 11.5 Å². The molecule has 1 saturated heterocycles. The maximum atomic E-state index is 11.2. The highest BCUT2D eigenvalue weighted by Gasteiger charge is 2.24. The second-order valence-electron chi connectivity index (χ2n) is 5.44. The van der Waals surface area contributed by atoms with Crippen molar-refractivity contribution < 1.29 is 4.92 Å². The van der Waals surface area contributed by atoms with Gasteiger partial charge in [0.1, 0.15) is 6.07 Å². The Labute approximate surface area is 138 Å². The van der Waals surface area contributed by atoms with E-state index in [-0.39, 0.29) is 17.1 Å². The van der Waals surface area contributed by atoms with E-state index in [1.807, 2.05) is 11.0 Å². The van der Waals surface area contributed by atoms with Gasteiger partial charge < -0.3 is 9.80 Å². The van der Waals surface area contributed by atoms with Crippen LogP contribution in [0.25, 0.3) is 5.69 Å². The van der Waals surface area contributed by atoms with Crippen molar-refractivity contribution in [1.82, 2.24) is 19.9 Å². The molecule has 1 fully saturated rings. The minimum atomic E-state index is -0.482. The molecule has 0 N–H and O–H groups in total. The molecule has 2 heterocycles. The molecule has 1 aromatic heterocycles. The normalized spacial score (nSPS) is 15.2. The van der Waals surface area contributed by atoms with Gasteiger partial charge in [-0.1, -0.05) is 19.1 Å². The Morgan fingerprint density at radius 2 is 1.96 bits per heavy atom. The summed E-state index contributed by atoms with van der Waals surface area (Å²) in [7, 11) is 0. The van der Waals surface area contributed by atoms with Crippen LogP contribution in [-0.4, -0.2) is 57.5 Å². The van der Waals surface area contributed by atoms with Gasteiger partial charge in [-0.3, -0.25) is 10.1 Å². The molecule has 0 saturated carbocycles. The van der Waals surface area contributed by atoms with Crippen molar-refractivity contribution in [2.24, 2.45) is 0 Å². The summed E-state index contributed by atoms with van der Waals surface area (Å²) in [5.74, 6) is 0.478. The molecule has 0 spiro atoms. The van der Waals surface area contributed by atoms with E-state index in [2.05, 4.69) is 22.0 Å². The van der Waals surface area contributed by atoms with Gasteiger partial charge in [-0.2, -0.15) is 5.26 Å². The fourth-order valence-corrected chi connectivity index (χ4v) is 2.76. The lowest BCUT2D eigenvalue weighted by Gasteiger charge is -2.33. The van der Waals surface area contributed by atoms with Crippen LogP contribution in [0, 0.1) is 21.4 Å². The fourth-order valence-electron chi connectivity index (χ4n) is 2.76. The maximum Gasteiger partial charge on any atom is 0.296 e. The summed E-state index contributed by atoms with van der Waals surface area (Å²) in [6.07, 6.45) is 0. The molecule has 0 radical (unpaired) electrons. The topological polar surface area (TPSA) is 104 Å². The lowest BCUT2D eigenvalue weighted by molar-refractivity contribution is -0.384. The van der Waals surface area contributed by atoms with Crippen LogP contribution in [0.3, 0.4) is 0 Å². The van der Waals surface area contributed by atoms with Crippen molar-refractivity contribution in [2.75, 3.05) is 37.6 Å². The van der Waals surface area contributed by atoms with E-state index in [1.54, 1.807) is 18.2 Å². The van der Waals surface area contributed by atoms with E-state index in [1.165, 1.54) is 10.9 Å². The van der Waals surface area contributed by atoms with Gasteiger partial charge in [-0.05, 0) is 12.6 Å². The first-order valence-corrected chi connectivity index (χ1v) is 7.72. The zero-order chi connectivity index (χ0) is 17.1. The zero-order valence-electron chi connectivity index (χ0n) is 13.3. The molecule has 24 heavy (non-hydrogen) atoms. The number of rotatable bonds is 4. The average molecular weight is 327 g/mol. The molecule has 0 amide bonds. The van der Waals surface area contributed by atoms with Gasteiger partial charge in [0.05, 0.1) is 4.92 Å². The van der Waals surface area contributed by atoms with Crippen LogP contribution in [0.1, 0.15) is 12.6 Å². The van der Waals surface area contributed by atoms with Crippen LogP contribution in [0.4, 0.5) is 11.5 Å². The quantitative estimate of drug-likeness (QED) is 0.613. The lowest BCUT2D eigenvalue weighted by Crippen LogP contribution is -2.46. The van der Waals surface area contributed by atoms with Crippen LogP contribution in [0.5, 0.6) is 0 Å². The number of likely N-dealkylation sites (N-methyl/N-ethyl adjacent to an activating group) is 1. The van der Waals surface area contributed by atoms with Crippen LogP contribution >= 0.6 is 0 Å².